The lowest BCUT2D eigenvalue weighted by Crippen LogP contribution is -2.33. The van der Waals surface area contributed by atoms with E-state index in [0.717, 1.165) is 27.2 Å². The van der Waals surface area contributed by atoms with Crippen molar-refractivity contribution in [3.8, 4) is 0 Å². The summed E-state index contributed by atoms with van der Waals surface area (Å²) in [5, 5.41) is 5.66. The Morgan fingerprint density at radius 1 is 1.41 bits per heavy atom. The molecule has 0 radical (unpaired) electrons. The molecule has 1 amide bonds. The highest BCUT2D eigenvalue weighted by molar-refractivity contribution is 8.00. The van der Waals surface area contributed by atoms with E-state index in [9.17, 15) is 4.79 Å². The summed E-state index contributed by atoms with van der Waals surface area (Å²) >= 11 is 9.13. The lowest BCUT2D eigenvalue weighted by molar-refractivity contribution is -0.121. The Balaban J connectivity index is 1.83. The maximum absolute atomic E-state index is 11.8. The van der Waals surface area contributed by atoms with Crippen molar-refractivity contribution in [2.75, 3.05) is 0 Å². The number of thiazole rings is 1. The second-order valence-corrected chi connectivity index (χ2v) is 7.59. The van der Waals surface area contributed by atoms with E-state index in [0.29, 0.717) is 6.42 Å². The summed E-state index contributed by atoms with van der Waals surface area (Å²) < 4.78 is 0.987. The lowest BCUT2D eigenvalue weighted by atomic mass is 10.2. The molecule has 0 unspecified atom stereocenters. The summed E-state index contributed by atoms with van der Waals surface area (Å²) in [5.74, 6) is 0.886. The summed E-state index contributed by atoms with van der Waals surface area (Å²) in [6, 6.07) is 8.03. The van der Waals surface area contributed by atoms with Gasteiger partial charge in [-0.15, -0.1) is 11.3 Å². The highest BCUT2D eigenvalue weighted by atomic mass is 35.5. The molecule has 0 saturated carbocycles. The molecule has 118 valence electrons. The fourth-order valence-corrected chi connectivity index (χ4v) is 3.68. The molecule has 0 fully saturated rings. The van der Waals surface area contributed by atoms with Crippen LogP contribution in [0.3, 0.4) is 0 Å². The van der Waals surface area contributed by atoms with Gasteiger partial charge in [-0.25, -0.2) is 4.98 Å². The van der Waals surface area contributed by atoms with Crippen molar-refractivity contribution < 1.29 is 4.79 Å². The average molecular weight is 355 g/mol. The monoisotopic (exact) mass is 354 g/mol. The normalized spacial score (nSPS) is 12.1. The van der Waals surface area contributed by atoms with Gasteiger partial charge in [-0.05, 0) is 31.0 Å². The van der Waals surface area contributed by atoms with Crippen molar-refractivity contribution in [1.29, 1.82) is 0 Å². The van der Waals surface area contributed by atoms with Gasteiger partial charge < -0.3 is 5.32 Å². The number of rotatable bonds is 7. The topological polar surface area (TPSA) is 42.0 Å². The molecular formula is C16H19ClN2OS2. The molecule has 3 nitrogen and oxygen atoms in total. The van der Waals surface area contributed by atoms with Crippen molar-refractivity contribution >= 4 is 40.6 Å². The predicted octanol–water partition coefficient (Wildman–Crippen LogP) is 4.55. The van der Waals surface area contributed by atoms with E-state index in [1.165, 1.54) is 5.56 Å². The molecule has 0 spiro atoms. The number of hydrogen-bond acceptors (Lipinski definition) is 4. The number of thioether (sulfide) groups is 1. The van der Waals surface area contributed by atoms with Crippen LogP contribution in [0.4, 0.5) is 0 Å². The summed E-state index contributed by atoms with van der Waals surface area (Å²) in [4.78, 5) is 16.3. The zero-order chi connectivity index (χ0) is 15.9. The lowest BCUT2D eigenvalue weighted by Gasteiger charge is -2.10. The Kier molecular flexibility index (Phi) is 6.73. The standard InChI is InChI=1S/C16H19ClN2OS2/c1-3-11(2)18-15(20)8-14-10-22-16(19-14)21-9-12-4-6-13(17)7-5-12/h4-7,10-11H,3,8-9H2,1-2H3,(H,18,20)/t11-/m0/s1. The van der Waals surface area contributed by atoms with Gasteiger partial charge in [0.25, 0.3) is 0 Å². The maximum Gasteiger partial charge on any atom is 0.226 e. The molecule has 0 saturated heterocycles. The van der Waals surface area contributed by atoms with Crippen molar-refractivity contribution in [2.45, 2.75) is 42.8 Å². The number of nitrogens with zero attached hydrogens (tertiary/aromatic N) is 1. The van der Waals surface area contributed by atoms with E-state index in [1.807, 2.05) is 36.6 Å². The molecule has 22 heavy (non-hydrogen) atoms. The van der Waals surface area contributed by atoms with Crippen LogP contribution < -0.4 is 5.32 Å². The highest BCUT2D eigenvalue weighted by Gasteiger charge is 2.10. The van der Waals surface area contributed by atoms with Gasteiger partial charge in [-0.1, -0.05) is 42.4 Å². The molecular weight excluding hydrogens is 336 g/mol. The molecule has 1 aromatic heterocycles. The minimum atomic E-state index is 0.0360. The summed E-state index contributed by atoms with van der Waals surface area (Å²) in [7, 11) is 0. The molecule has 0 aliphatic rings. The molecule has 0 aliphatic heterocycles. The second kappa shape index (κ2) is 8.56. The van der Waals surface area contributed by atoms with Crippen LogP contribution >= 0.6 is 34.7 Å². The van der Waals surface area contributed by atoms with Gasteiger partial charge in [-0.3, -0.25) is 4.79 Å². The minimum Gasteiger partial charge on any atom is -0.353 e. The quantitative estimate of drug-likeness (QED) is 0.742. The van der Waals surface area contributed by atoms with E-state index in [4.69, 9.17) is 11.6 Å². The minimum absolute atomic E-state index is 0.0360. The zero-order valence-electron chi connectivity index (χ0n) is 12.6. The fraction of sp³-hybridized carbons (Fsp3) is 0.375. The zero-order valence-corrected chi connectivity index (χ0v) is 15.0. The molecule has 0 bridgehead atoms. The van der Waals surface area contributed by atoms with Crippen LogP contribution in [-0.4, -0.2) is 16.9 Å². The smallest absolute Gasteiger partial charge is 0.226 e. The molecule has 1 aromatic carbocycles. The fourth-order valence-electron chi connectivity index (χ4n) is 1.75. The highest BCUT2D eigenvalue weighted by Crippen LogP contribution is 2.26. The molecule has 6 heteroatoms. The van der Waals surface area contributed by atoms with Gasteiger partial charge in [0.1, 0.15) is 4.34 Å². The van der Waals surface area contributed by atoms with Crippen LogP contribution in [0, 0.1) is 0 Å². The third-order valence-electron chi connectivity index (χ3n) is 3.17. The second-order valence-electron chi connectivity index (χ2n) is 5.07. The summed E-state index contributed by atoms with van der Waals surface area (Å²) in [5.41, 5.74) is 2.05. The van der Waals surface area contributed by atoms with E-state index >= 15 is 0 Å². The van der Waals surface area contributed by atoms with Crippen LogP contribution in [0.25, 0.3) is 0 Å². The Bertz CT molecular complexity index is 613. The number of nitrogens with one attached hydrogen (secondary N) is 1. The van der Waals surface area contributed by atoms with Crippen molar-refractivity contribution in [2.24, 2.45) is 0 Å². The SMILES string of the molecule is CC[C@H](C)NC(=O)Cc1csc(SCc2ccc(Cl)cc2)n1. The number of amides is 1. The van der Waals surface area contributed by atoms with Crippen molar-refractivity contribution in [3.63, 3.8) is 0 Å². The van der Waals surface area contributed by atoms with E-state index in [1.54, 1.807) is 23.1 Å². The van der Waals surface area contributed by atoms with Crippen LogP contribution in [0.1, 0.15) is 31.5 Å². The summed E-state index contributed by atoms with van der Waals surface area (Å²) in [6.45, 7) is 4.06. The van der Waals surface area contributed by atoms with E-state index in [-0.39, 0.29) is 11.9 Å². The van der Waals surface area contributed by atoms with Crippen LogP contribution in [0.5, 0.6) is 0 Å². The number of aromatic nitrogens is 1. The van der Waals surface area contributed by atoms with Crippen LogP contribution in [0.15, 0.2) is 34.0 Å². The molecule has 2 rings (SSSR count). The predicted molar refractivity (Wildman–Crippen MR) is 94.7 cm³/mol. The first kappa shape index (κ1) is 17.3. The largest absolute Gasteiger partial charge is 0.353 e. The molecule has 2 aromatic rings. The van der Waals surface area contributed by atoms with Gasteiger partial charge in [0.05, 0.1) is 12.1 Å². The van der Waals surface area contributed by atoms with Crippen molar-refractivity contribution in [1.82, 2.24) is 10.3 Å². The molecule has 0 aliphatic carbocycles. The molecule has 1 atom stereocenters. The third-order valence-corrected chi connectivity index (χ3v) is 5.56. The first-order valence-electron chi connectivity index (χ1n) is 7.18. The first-order chi connectivity index (χ1) is 10.6. The van der Waals surface area contributed by atoms with Gasteiger partial charge in [0.2, 0.25) is 5.91 Å². The average Bonchev–Trinajstić information content (AvgIpc) is 2.93. The molecule has 1 N–H and O–H groups in total. The van der Waals surface area contributed by atoms with Crippen LogP contribution in [0.2, 0.25) is 5.02 Å². The Morgan fingerprint density at radius 2 is 2.14 bits per heavy atom. The van der Waals surface area contributed by atoms with E-state index in [2.05, 4.69) is 17.2 Å². The number of carbonyl (C=O) groups is 1. The Morgan fingerprint density at radius 3 is 2.82 bits per heavy atom. The van der Waals surface area contributed by atoms with Crippen molar-refractivity contribution in [3.05, 3.63) is 45.9 Å². The Hall–Kier alpha value is -1.04. The number of hydrogen-bond donors (Lipinski definition) is 1. The number of carbonyl (C=O) groups excluding carboxylic acids is 1. The van der Waals surface area contributed by atoms with Crippen LogP contribution in [-0.2, 0) is 17.0 Å². The first-order valence-corrected chi connectivity index (χ1v) is 9.42. The summed E-state index contributed by atoms with van der Waals surface area (Å²) in [6.07, 6.45) is 1.29. The van der Waals surface area contributed by atoms with Gasteiger partial charge in [0, 0.05) is 22.2 Å². The molecule has 1 heterocycles. The van der Waals surface area contributed by atoms with Gasteiger partial charge >= 0.3 is 0 Å². The Labute approximate surface area is 144 Å². The number of halogens is 1. The maximum atomic E-state index is 11.8. The number of benzene rings is 1. The van der Waals surface area contributed by atoms with Gasteiger partial charge in [-0.2, -0.15) is 0 Å². The third kappa shape index (κ3) is 5.63. The van der Waals surface area contributed by atoms with E-state index < -0.39 is 0 Å². The van der Waals surface area contributed by atoms with Gasteiger partial charge in [0.15, 0.2) is 0 Å².